The molecule has 1 atom stereocenters. The molecule has 6 heteroatoms. The van der Waals surface area contributed by atoms with E-state index in [1.807, 2.05) is 32.0 Å². The quantitative estimate of drug-likeness (QED) is 0.525. The Morgan fingerprint density at radius 1 is 1.11 bits per heavy atom. The second kappa shape index (κ2) is 7.76. The van der Waals surface area contributed by atoms with Crippen LogP contribution in [0.4, 0.5) is 5.69 Å². The van der Waals surface area contributed by atoms with Crippen LogP contribution in [-0.4, -0.2) is 23.0 Å². The second-order valence-corrected chi connectivity index (χ2v) is 6.75. The maximum absolute atomic E-state index is 12.6. The molecule has 0 aliphatic heterocycles. The number of amides is 1. The Morgan fingerprint density at radius 2 is 1.85 bits per heavy atom. The molecule has 138 valence electrons. The van der Waals surface area contributed by atoms with Gasteiger partial charge < -0.3 is 10.1 Å². The summed E-state index contributed by atoms with van der Waals surface area (Å²) >= 11 is 6.01. The van der Waals surface area contributed by atoms with Gasteiger partial charge in [0, 0.05) is 11.1 Å². The SMILES string of the molecule is Cc1ccc(NC(=O)[C@H](C)OC(=O)c2cc(Cl)nc3ccccc23)c(C)c1. The Balaban J connectivity index is 1.77. The van der Waals surface area contributed by atoms with Crippen LogP contribution in [0.1, 0.15) is 28.4 Å². The summed E-state index contributed by atoms with van der Waals surface area (Å²) in [5, 5.41) is 3.60. The maximum Gasteiger partial charge on any atom is 0.339 e. The third-order valence-electron chi connectivity index (χ3n) is 4.20. The zero-order valence-electron chi connectivity index (χ0n) is 15.2. The zero-order chi connectivity index (χ0) is 19.6. The van der Waals surface area contributed by atoms with Crippen molar-refractivity contribution in [1.82, 2.24) is 4.98 Å². The van der Waals surface area contributed by atoms with Gasteiger partial charge in [0.25, 0.3) is 5.91 Å². The van der Waals surface area contributed by atoms with Crippen LogP contribution in [0, 0.1) is 13.8 Å². The molecule has 1 N–H and O–H groups in total. The molecule has 0 aliphatic rings. The van der Waals surface area contributed by atoms with Gasteiger partial charge in [0.2, 0.25) is 0 Å². The van der Waals surface area contributed by atoms with Crippen molar-refractivity contribution < 1.29 is 14.3 Å². The number of rotatable bonds is 4. The molecule has 2 aromatic carbocycles. The lowest BCUT2D eigenvalue weighted by molar-refractivity contribution is -0.123. The molecule has 0 unspecified atom stereocenters. The first-order valence-corrected chi connectivity index (χ1v) is 8.87. The van der Waals surface area contributed by atoms with E-state index >= 15 is 0 Å². The lowest BCUT2D eigenvalue weighted by atomic mass is 10.1. The number of esters is 1. The van der Waals surface area contributed by atoms with Crippen LogP contribution in [0.2, 0.25) is 5.15 Å². The number of benzene rings is 2. The number of hydrogen-bond donors (Lipinski definition) is 1. The molecule has 1 heterocycles. The Morgan fingerprint density at radius 3 is 2.59 bits per heavy atom. The van der Waals surface area contributed by atoms with Crippen LogP contribution in [0.3, 0.4) is 0 Å². The van der Waals surface area contributed by atoms with E-state index in [0.717, 1.165) is 11.1 Å². The number of nitrogens with zero attached hydrogens (tertiary/aromatic N) is 1. The van der Waals surface area contributed by atoms with Gasteiger partial charge in [-0.1, -0.05) is 47.5 Å². The fourth-order valence-corrected chi connectivity index (χ4v) is 2.98. The highest BCUT2D eigenvalue weighted by molar-refractivity contribution is 6.30. The standard InChI is InChI=1S/C21H19ClN2O3/c1-12-8-9-17(13(2)10-12)24-20(25)14(3)27-21(26)16-11-19(22)23-18-7-5-4-6-15(16)18/h4-11,14H,1-3H3,(H,24,25)/t14-/m0/s1. The number of carbonyl (C=O) groups excluding carboxylic acids is 2. The van der Waals surface area contributed by atoms with Crippen LogP contribution < -0.4 is 5.32 Å². The summed E-state index contributed by atoms with van der Waals surface area (Å²) < 4.78 is 5.36. The van der Waals surface area contributed by atoms with E-state index in [2.05, 4.69) is 10.3 Å². The fourth-order valence-electron chi connectivity index (χ4n) is 2.78. The molecule has 0 saturated heterocycles. The molecule has 1 aromatic heterocycles. The Kier molecular flexibility index (Phi) is 5.42. The molecule has 1 amide bonds. The molecule has 0 spiro atoms. The molecule has 0 bridgehead atoms. The number of hydrogen-bond acceptors (Lipinski definition) is 4. The molecule has 3 rings (SSSR count). The largest absolute Gasteiger partial charge is 0.449 e. The van der Waals surface area contributed by atoms with Crippen molar-refractivity contribution in [3.8, 4) is 0 Å². The normalized spacial score (nSPS) is 11.9. The predicted molar refractivity (Wildman–Crippen MR) is 106 cm³/mol. The van der Waals surface area contributed by atoms with Crippen LogP contribution in [0.5, 0.6) is 0 Å². The number of nitrogens with one attached hydrogen (secondary N) is 1. The van der Waals surface area contributed by atoms with Gasteiger partial charge in [-0.3, -0.25) is 4.79 Å². The maximum atomic E-state index is 12.6. The highest BCUT2D eigenvalue weighted by Crippen LogP contribution is 2.22. The predicted octanol–water partition coefficient (Wildman–Crippen LogP) is 4.69. The highest BCUT2D eigenvalue weighted by Gasteiger charge is 2.21. The number of aromatic nitrogens is 1. The van der Waals surface area contributed by atoms with Crippen molar-refractivity contribution in [2.75, 3.05) is 5.32 Å². The summed E-state index contributed by atoms with van der Waals surface area (Å²) in [6.45, 7) is 5.42. The summed E-state index contributed by atoms with van der Waals surface area (Å²) in [6, 6.07) is 14.3. The summed E-state index contributed by atoms with van der Waals surface area (Å²) in [4.78, 5) is 29.2. The van der Waals surface area contributed by atoms with Crippen molar-refractivity contribution in [2.45, 2.75) is 26.9 Å². The van der Waals surface area contributed by atoms with Crippen LogP contribution in [-0.2, 0) is 9.53 Å². The molecule has 27 heavy (non-hydrogen) atoms. The summed E-state index contributed by atoms with van der Waals surface area (Å²) in [7, 11) is 0. The smallest absolute Gasteiger partial charge is 0.339 e. The molecule has 0 fully saturated rings. The van der Waals surface area contributed by atoms with E-state index < -0.39 is 18.0 Å². The molecule has 0 saturated carbocycles. The topological polar surface area (TPSA) is 68.3 Å². The highest BCUT2D eigenvalue weighted by atomic mass is 35.5. The number of para-hydroxylation sites is 1. The van der Waals surface area contributed by atoms with E-state index in [1.165, 1.54) is 13.0 Å². The first-order chi connectivity index (χ1) is 12.8. The number of anilines is 1. The van der Waals surface area contributed by atoms with Crippen molar-refractivity contribution in [2.24, 2.45) is 0 Å². The van der Waals surface area contributed by atoms with E-state index in [9.17, 15) is 9.59 Å². The third-order valence-corrected chi connectivity index (χ3v) is 4.39. The summed E-state index contributed by atoms with van der Waals surface area (Å²) in [5.74, 6) is -1.03. The summed E-state index contributed by atoms with van der Waals surface area (Å²) in [5.41, 5.74) is 3.59. The number of pyridine rings is 1. The van der Waals surface area contributed by atoms with Crippen LogP contribution >= 0.6 is 11.6 Å². The first-order valence-electron chi connectivity index (χ1n) is 8.49. The van der Waals surface area contributed by atoms with Crippen molar-refractivity contribution in [1.29, 1.82) is 0 Å². The molecule has 5 nitrogen and oxygen atoms in total. The zero-order valence-corrected chi connectivity index (χ0v) is 16.0. The summed E-state index contributed by atoms with van der Waals surface area (Å²) in [6.07, 6.45) is -0.969. The number of aryl methyl sites for hydroxylation is 2. The second-order valence-electron chi connectivity index (χ2n) is 6.36. The molecular weight excluding hydrogens is 364 g/mol. The molecule has 0 aliphatic carbocycles. The Hall–Kier alpha value is -2.92. The number of fused-ring (bicyclic) bond motifs is 1. The van der Waals surface area contributed by atoms with E-state index in [-0.39, 0.29) is 10.7 Å². The van der Waals surface area contributed by atoms with Gasteiger partial charge in [-0.15, -0.1) is 0 Å². The number of halogens is 1. The van der Waals surface area contributed by atoms with Gasteiger partial charge in [0.15, 0.2) is 6.10 Å². The molecule has 0 radical (unpaired) electrons. The van der Waals surface area contributed by atoms with E-state index in [0.29, 0.717) is 16.6 Å². The minimum atomic E-state index is -0.969. The van der Waals surface area contributed by atoms with Gasteiger partial charge >= 0.3 is 5.97 Å². The van der Waals surface area contributed by atoms with Gasteiger partial charge in [-0.2, -0.15) is 0 Å². The van der Waals surface area contributed by atoms with E-state index in [4.69, 9.17) is 16.3 Å². The Bertz CT molecular complexity index is 1030. The Labute approximate surface area is 162 Å². The first kappa shape index (κ1) is 18.9. The van der Waals surface area contributed by atoms with E-state index in [1.54, 1.807) is 24.3 Å². The number of carbonyl (C=O) groups is 2. The number of ether oxygens (including phenoxy) is 1. The lowest BCUT2D eigenvalue weighted by Gasteiger charge is -2.15. The average molecular weight is 383 g/mol. The van der Waals surface area contributed by atoms with Gasteiger partial charge in [0.1, 0.15) is 5.15 Å². The minimum Gasteiger partial charge on any atom is -0.449 e. The monoisotopic (exact) mass is 382 g/mol. The molecule has 3 aromatic rings. The van der Waals surface area contributed by atoms with Crippen molar-refractivity contribution >= 4 is 40.1 Å². The average Bonchev–Trinajstić information content (AvgIpc) is 2.63. The van der Waals surface area contributed by atoms with Gasteiger partial charge in [0.05, 0.1) is 11.1 Å². The van der Waals surface area contributed by atoms with Crippen molar-refractivity contribution in [3.63, 3.8) is 0 Å². The van der Waals surface area contributed by atoms with Crippen LogP contribution in [0.15, 0.2) is 48.5 Å². The lowest BCUT2D eigenvalue weighted by Crippen LogP contribution is -2.30. The van der Waals surface area contributed by atoms with Gasteiger partial charge in [-0.25, -0.2) is 9.78 Å². The third kappa shape index (κ3) is 4.26. The fraction of sp³-hybridized carbons (Fsp3) is 0.190. The van der Waals surface area contributed by atoms with Crippen molar-refractivity contribution in [3.05, 3.63) is 70.4 Å². The minimum absolute atomic E-state index is 0.188. The van der Waals surface area contributed by atoms with Crippen LogP contribution in [0.25, 0.3) is 10.9 Å². The molecular formula is C21H19ClN2O3. The van der Waals surface area contributed by atoms with Gasteiger partial charge in [-0.05, 0) is 44.5 Å².